The maximum atomic E-state index is 8.47. The largest absolute Gasteiger partial charge is 0.384 e. The SMILES string of the molecule is COCc1ccc(C#CCO)cc1. The lowest BCUT2D eigenvalue weighted by molar-refractivity contribution is 0.185. The summed E-state index contributed by atoms with van der Waals surface area (Å²) in [5.41, 5.74) is 2.03. The molecule has 2 heteroatoms. The summed E-state index contributed by atoms with van der Waals surface area (Å²) >= 11 is 0. The van der Waals surface area contributed by atoms with Crippen molar-refractivity contribution in [3.05, 3.63) is 35.4 Å². The van der Waals surface area contributed by atoms with E-state index in [1.54, 1.807) is 7.11 Å². The van der Waals surface area contributed by atoms with Gasteiger partial charge in [-0.3, -0.25) is 0 Å². The maximum Gasteiger partial charge on any atom is 0.104 e. The lowest BCUT2D eigenvalue weighted by Crippen LogP contribution is -1.86. The molecule has 1 aromatic carbocycles. The standard InChI is InChI=1S/C11H12O2/c1-13-9-11-6-4-10(5-7-11)3-2-8-12/h4-7,12H,8-9H2,1H3. The molecule has 1 N–H and O–H groups in total. The molecule has 13 heavy (non-hydrogen) atoms. The zero-order valence-corrected chi connectivity index (χ0v) is 7.58. The van der Waals surface area contributed by atoms with Crippen LogP contribution in [-0.2, 0) is 11.3 Å². The molecule has 0 atom stereocenters. The zero-order chi connectivity index (χ0) is 9.52. The first-order valence-corrected chi connectivity index (χ1v) is 4.04. The van der Waals surface area contributed by atoms with Gasteiger partial charge in [0.25, 0.3) is 0 Å². The number of methoxy groups -OCH3 is 1. The lowest BCUT2D eigenvalue weighted by atomic mass is 10.1. The first-order chi connectivity index (χ1) is 6.36. The molecule has 0 aliphatic carbocycles. The van der Waals surface area contributed by atoms with Gasteiger partial charge in [0.1, 0.15) is 6.61 Å². The van der Waals surface area contributed by atoms with Gasteiger partial charge in [-0.25, -0.2) is 0 Å². The summed E-state index contributed by atoms with van der Waals surface area (Å²) in [6, 6.07) is 7.75. The third-order valence-electron chi connectivity index (χ3n) is 1.58. The van der Waals surface area contributed by atoms with Crippen LogP contribution in [0.2, 0.25) is 0 Å². The van der Waals surface area contributed by atoms with E-state index < -0.39 is 0 Å². The quantitative estimate of drug-likeness (QED) is 0.685. The van der Waals surface area contributed by atoms with Crippen LogP contribution >= 0.6 is 0 Å². The van der Waals surface area contributed by atoms with E-state index in [-0.39, 0.29) is 6.61 Å². The summed E-state index contributed by atoms with van der Waals surface area (Å²) in [6.07, 6.45) is 0. The van der Waals surface area contributed by atoms with Gasteiger partial charge in [-0.15, -0.1) is 0 Å². The van der Waals surface area contributed by atoms with Crippen LogP contribution in [0.4, 0.5) is 0 Å². The highest BCUT2D eigenvalue weighted by Gasteiger charge is 1.90. The van der Waals surface area contributed by atoms with Crippen LogP contribution < -0.4 is 0 Å². The highest BCUT2D eigenvalue weighted by atomic mass is 16.5. The summed E-state index contributed by atoms with van der Waals surface area (Å²) in [5.74, 6) is 5.41. The van der Waals surface area contributed by atoms with E-state index >= 15 is 0 Å². The van der Waals surface area contributed by atoms with Crippen molar-refractivity contribution in [2.75, 3.05) is 13.7 Å². The van der Waals surface area contributed by atoms with Gasteiger partial charge in [0.05, 0.1) is 6.61 Å². The fourth-order valence-electron chi connectivity index (χ4n) is 0.993. The Morgan fingerprint density at radius 1 is 1.31 bits per heavy atom. The molecule has 0 radical (unpaired) electrons. The zero-order valence-electron chi connectivity index (χ0n) is 7.58. The minimum Gasteiger partial charge on any atom is -0.384 e. The maximum absolute atomic E-state index is 8.47. The van der Waals surface area contributed by atoms with E-state index in [1.807, 2.05) is 24.3 Å². The molecular formula is C11H12O2. The van der Waals surface area contributed by atoms with Gasteiger partial charge in [0.2, 0.25) is 0 Å². The molecular weight excluding hydrogens is 164 g/mol. The normalized spacial score (nSPS) is 9.08. The lowest BCUT2D eigenvalue weighted by Gasteiger charge is -1.98. The molecule has 1 rings (SSSR count). The van der Waals surface area contributed by atoms with Crippen molar-refractivity contribution in [2.24, 2.45) is 0 Å². The highest BCUT2D eigenvalue weighted by Crippen LogP contribution is 2.03. The van der Waals surface area contributed by atoms with E-state index in [1.165, 1.54) is 0 Å². The highest BCUT2D eigenvalue weighted by molar-refractivity contribution is 5.35. The van der Waals surface area contributed by atoms with Crippen molar-refractivity contribution in [1.82, 2.24) is 0 Å². The molecule has 0 bridgehead atoms. The minimum absolute atomic E-state index is 0.0974. The van der Waals surface area contributed by atoms with Crippen molar-refractivity contribution in [3.8, 4) is 11.8 Å². The van der Waals surface area contributed by atoms with E-state index in [2.05, 4.69) is 11.8 Å². The van der Waals surface area contributed by atoms with Crippen LogP contribution in [0, 0.1) is 11.8 Å². The molecule has 0 aliphatic rings. The van der Waals surface area contributed by atoms with Crippen molar-refractivity contribution in [2.45, 2.75) is 6.61 Å². The van der Waals surface area contributed by atoms with Gasteiger partial charge in [0, 0.05) is 12.7 Å². The average Bonchev–Trinajstić information content (AvgIpc) is 2.17. The summed E-state index contributed by atoms with van der Waals surface area (Å²) < 4.78 is 4.97. The molecule has 1 aromatic rings. The molecule has 0 saturated carbocycles. The van der Waals surface area contributed by atoms with Crippen LogP contribution in [0.3, 0.4) is 0 Å². The Kier molecular flexibility index (Phi) is 4.04. The second kappa shape index (κ2) is 5.36. The molecule has 0 amide bonds. The van der Waals surface area contributed by atoms with E-state index in [4.69, 9.17) is 9.84 Å². The van der Waals surface area contributed by atoms with Crippen LogP contribution in [-0.4, -0.2) is 18.8 Å². The number of hydrogen-bond donors (Lipinski definition) is 1. The van der Waals surface area contributed by atoms with E-state index in [0.29, 0.717) is 6.61 Å². The van der Waals surface area contributed by atoms with E-state index in [0.717, 1.165) is 11.1 Å². The number of rotatable bonds is 2. The number of aliphatic hydroxyl groups excluding tert-OH is 1. The monoisotopic (exact) mass is 176 g/mol. The summed E-state index contributed by atoms with van der Waals surface area (Å²) in [6.45, 7) is 0.521. The molecule has 2 nitrogen and oxygen atoms in total. The van der Waals surface area contributed by atoms with Gasteiger partial charge in [-0.2, -0.15) is 0 Å². The Balaban J connectivity index is 2.69. The van der Waals surface area contributed by atoms with Gasteiger partial charge in [0.15, 0.2) is 0 Å². The third-order valence-corrected chi connectivity index (χ3v) is 1.58. The fourth-order valence-corrected chi connectivity index (χ4v) is 0.993. The predicted molar refractivity (Wildman–Crippen MR) is 51.1 cm³/mol. The number of hydrogen-bond acceptors (Lipinski definition) is 2. The van der Waals surface area contributed by atoms with Gasteiger partial charge in [-0.1, -0.05) is 24.0 Å². The molecule has 0 unspecified atom stereocenters. The van der Waals surface area contributed by atoms with Crippen molar-refractivity contribution in [3.63, 3.8) is 0 Å². The second-order valence-corrected chi connectivity index (χ2v) is 2.59. The number of benzene rings is 1. The van der Waals surface area contributed by atoms with Crippen LogP contribution in [0.15, 0.2) is 24.3 Å². The average molecular weight is 176 g/mol. The Morgan fingerprint density at radius 2 is 2.00 bits per heavy atom. The minimum atomic E-state index is -0.0974. The fraction of sp³-hybridized carbons (Fsp3) is 0.273. The molecule has 68 valence electrons. The topological polar surface area (TPSA) is 29.5 Å². The van der Waals surface area contributed by atoms with Gasteiger partial charge < -0.3 is 9.84 Å². The van der Waals surface area contributed by atoms with Crippen molar-refractivity contribution < 1.29 is 9.84 Å². The predicted octanol–water partition coefficient (Wildman–Crippen LogP) is 1.18. The third kappa shape index (κ3) is 3.29. The van der Waals surface area contributed by atoms with Crippen LogP contribution in [0.5, 0.6) is 0 Å². The number of ether oxygens (including phenoxy) is 1. The Bertz CT molecular complexity index is 303. The Hall–Kier alpha value is -1.30. The Morgan fingerprint density at radius 3 is 2.54 bits per heavy atom. The summed E-state index contributed by atoms with van der Waals surface area (Å²) in [4.78, 5) is 0. The molecule has 0 aromatic heterocycles. The summed E-state index contributed by atoms with van der Waals surface area (Å²) in [7, 11) is 1.67. The Labute approximate surface area is 78.2 Å². The van der Waals surface area contributed by atoms with Crippen molar-refractivity contribution >= 4 is 0 Å². The second-order valence-electron chi connectivity index (χ2n) is 2.59. The molecule has 0 fully saturated rings. The first-order valence-electron chi connectivity index (χ1n) is 4.04. The number of aliphatic hydroxyl groups is 1. The smallest absolute Gasteiger partial charge is 0.104 e. The van der Waals surface area contributed by atoms with Crippen LogP contribution in [0.1, 0.15) is 11.1 Å². The van der Waals surface area contributed by atoms with E-state index in [9.17, 15) is 0 Å². The molecule has 0 saturated heterocycles. The molecule has 0 spiro atoms. The van der Waals surface area contributed by atoms with Crippen molar-refractivity contribution in [1.29, 1.82) is 0 Å². The molecule has 0 aliphatic heterocycles. The van der Waals surface area contributed by atoms with Gasteiger partial charge in [-0.05, 0) is 17.7 Å². The van der Waals surface area contributed by atoms with Crippen LogP contribution in [0.25, 0.3) is 0 Å². The van der Waals surface area contributed by atoms with Gasteiger partial charge >= 0.3 is 0 Å². The first kappa shape index (κ1) is 9.79. The summed E-state index contributed by atoms with van der Waals surface area (Å²) in [5, 5.41) is 8.47. The molecule has 0 heterocycles.